The van der Waals surface area contributed by atoms with Gasteiger partial charge in [-0.25, -0.2) is 0 Å². The van der Waals surface area contributed by atoms with Crippen LogP contribution in [-0.4, -0.2) is 19.7 Å². The molecule has 2 atom stereocenters. The Labute approximate surface area is 99.0 Å². The van der Waals surface area contributed by atoms with Crippen LogP contribution in [0.2, 0.25) is 0 Å². The summed E-state index contributed by atoms with van der Waals surface area (Å²) >= 11 is 0. The monoisotopic (exact) mass is 221 g/mol. The normalized spacial score (nSPS) is 14.5. The average Bonchev–Trinajstić information content (AvgIpc) is 2.31. The van der Waals surface area contributed by atoms with Gasteiger partial charge in [-0.3, -0.25) is 0 Å². The Morgan fingerprint density at radius 3 is 2.25 bits per heavy atom. The summed E-state index contributed by atoms with van der Waals surface area (Å²) in [6.07, 6.45) is 1.15. The number of nitrogens with one attached hydrogen (secondary N) is 1. The topological polar surface area (TPSA) is 21.3 Å². The molecule has 0 heterocycles. The summed E-state index contributed by atoms with van der Waals surface area (Å²) < 4.78 is 5.17. The molecule has 2 heteroatoms. The molecule has 0 amide bonds. The summed E-state index contributed by atoms with van der Waals surface area (Å²) in [7, 11) is 1.70. The van der Waals surface area contributed by atoms with Gasteiger partial charge < -0.3 is 10.1 Å². The lowest BCUT2D eigenvalue weighted by Crippen LogP contribution is -2.31. The van der Waals surface area contributed by atoms with Crippen molar-refractivity contribution in [1.82, 2.24) is 5.32 Å². The van der Waals surface area contributed by atoms with E-state index >= 15 is 0 Å². The maximum atomic E-state index is 5.17. The van der Waals surface area contributed by atoms with E-state index in [1.54, 1.807) is 7.11 Å². The van der Waals surface area contributed by atoms with Crippen LogP contribution in [0, 0.1) is 0 Å². The molecule has 0 radical (unpaired) electrons. The first-order chi connectivity index (χ1) is 7.72. The van der Waals surface area contributed by atoms with E-state index in [1.165, 1.54) is 5.56 Å². The molecule has 90 valence electrons. The lowest BCUT2D eigenvalue weighted by Gasteiger charge is -2.24. The van der Waals surface area contributed by atoms with Gasteiger partial charge in [-0.05, 0) is 43.5 Å². The lowest BCUT2D eigenvalue weighted by molar-refractivity contribution is 0.413. The summed E-state index contributed by atoms with van der Waals surface area (Å²) in [6.45, 7) is 7.66. The van der Waals surface area contributed by atoms with Gasteiger partial charge in [0.15, 0.2) is 0 Å². The van der Waals surface area contributed by atoms with Crippen LogP contribution < -0.4 is 10.1 Å². The average molecular weight is 221 g/mol. The standard InChI is InChI=1S/C14H23NO/c1-5-14(11(3)15-6-2)12-7-9-13(16-4)10-8-12/h7-11,14-15H,5-6H2,1-4H3. The number of likely N-dealkylation sites (N-methyl/N-ethyl adjacent to an activating group) is 1. The number of ether oxygens (including phenoxy) is 1. The van der Waals surface area contributed by atoms with Crippen molar-refractivity contribution in [3.8, 4) is 5.75 Å². The van der Waals surface area contributed by atoms with Crippen molar-refractivity contribution in [2.45, 2.75) is 39.2 Å². The van der Waals surface area contributed by atoms with E-state index in [0.717, 1.165) is 18.7 Å². The zero-order valence-corrected chi connectivity index (χ0v) is 10.8. The highest BCUT2D eigenvalue weighted by Gasteiger charge is 2.16. The molecule has 1 aromatic carbocycles. The molecule has 0 saturated carbocycles. The van der Waals surface area contributed by atoms with Crippen LogP contribution in [-0.2, 0) is 0 Å². The molecule has 0 aromatic heterocycles. The quantitative estimate of drug-likeness (QED) is 0.796. The fourth-order valence-corrected chi connectivity index (χ4v) is 2.19. The van der Waals surface area contributed by atoms with Gasteiger partial charge in [0.2, 0.25) is 0 Å². The van der Waals surface area contributed by atoms with Crippen molar-refractivity contribution in [1.29, 1.82) is 0 Å². The van der Waals surface area contributed by atoms with Gasteiger partial charge in [-0.2, -0.15) is 0 Å². The summed E-state index contributed by atoms with van der Waals surface area (Å²) in [5.41, 5.74) is 1.39. The minimum atomic E-state index is 0.517. The van der Waals surface area contributed by atoms with Gasteiger partial charge in [-0.1, -0.05) is 26.0 Å². The third-order valence-electron chi connectivity index (χ3n) is 3.11. The second-order valence-electron chi connectivity index (χ2n) is 4.13. The van der Waals surface area contributed by atoms with Crippen molar-refractivity contribution in [2.75, 3.05) is 13.7 Å². The first-order valence-corrected chi connectivity index (χ1v) is 6.10. The van der Waals surface area contributed by atoms with E-state index in [-0.39, 0.29) is 0 Å². The molecule has 0 saturated heterocycles. The summed E-state index contributed by atoms with van der Waals surface area (Å²) in [4.78, 5) is 0. The highest BCUT2D eigenvalue weighted by Crippen LogP contribution is 2.25. The maximum absolute atomic E-state index is 5.17. The SMILES string of the molecule is CCNC(C)C(CC)c1ccc(OC)cc1. The Bertz CT molecular complexity index is 294. The van der Waals surface area contributed by atoms with Gasteiger partial charge in [-0.15, -0.1) is 0 Å². The van der Waals surface area contributed by atoms with Crippen LogP contribution in [0.25, 0.3) is 0 Å². The van der Waals surface area contributed by atoms with Crippen molar-refractivity contribution in [3.05, 3.63) is 29.8 Å². The smallest absolute Gasteiger partial charge is 0.118 e. The predicted molar refractivity (Wildman–Crippen MR) is 69.2 cm³/mol. The molecule has 1 rings (SSSR count). The molecule has 0 fully saturated rings. The third-order valence-corrected chi connectivity index (χ3v) is 3.11. The number of hydrogen-bond donors (Lipinski definition) is 1. The van der Waals surface area contributed by atoms with Crippen molar-refractivity contribution >= 4 is 0 Å². The van der Waals surface area contributed by atoms with Crippen LogP contribution in [0.5, 0.6) is 5.75 Å². The third kappa shape index (κ3) is 3.24. The maximum Gasteiger partial charge on any atom is 0.118 e. The Morgan fingerprint density at radius 2 is 1.81 bits per heavy atom. The number of hydrogen-bond acceptors (Lipinski definition) is 2. The molecule has 0 bridgehead atoms. The van der Waals surface area contributed by atoms with Gasteiger partial charge in [0.25, 0.3) is 0 Å². The summed E-state index contributed by atoms with van der Waals surface area (Å²) in [5, 5.41) is 3.49. The van der Waals surface area contributed by atoms with E-state index in [4.69, 9.17) is 4.74 Å². The van der Waals surface area contributed by atoms with Crippen LogP contribution in [0.1, 0.15) is 38.7 Å². The summed E-state index contributed by atoms with van der Waals surface area (Å²) in [6, 6.07) is 8.93. The lowest BCUT2D eigenvalue weighted by atomic mass is 9.90. The molecule has 2 nitrogen and oxygen atoms in total. The highest BCUT2D eigenvalue weighted by molar-refractivity contribution is 5.30. The Hall–Kier alpha value is -1.02. The molecular weight excluding hydrogens is 198 g/mol. The zero-order chi connectivity index (χ0) is 12.0. The number of methoxy groups -OCH3 is 1. The predicted octanol–water partition coefficient (Wildman–Crippen LogP) is 3.19. The fraction of sp³-hybridized carbons (Fsp3) is 0.571. The van der Waals surface area contributed by atoms with E-state index in [0.29, 0.717) is 12.0 Å². The second kappa shape index (κ2) is 6.54. The minimum Gasteiger partial charge on any atom is -0.497 e. The first kappa shape index (κ1) is 13.0. The second-order valence-corrected chi connectivity index (χ2v) is 4.13. The van der Waals surface area contributed by atoms with Crippen LogP contribution >= 0.6 is 0 Å². The molecule has 0 aliphatic rings. The van der Waals surface area contributed by atoms with Crippen molar-refractivity contribution in [2.24, 2.45) is 0 Å². The highest BCUT2D eigenvalue weighted by atomic mass is 16.5. The Morgan fingerprint density at radius 1 is 1.19 bits per heavy atom. The minimum absolute atomic E-state index is 0.517. The molecular formula is C14H23NO. The zero-order valence-electron chi connectivity index (χ0n) is 10.8. The molecule has 0 aliphatic heterocycles. The molecule has 1 N–H and O–H groups in total. The van der Waals surface area contributed by atoms with Crippen molar-refractivity contribution < 1.29 is 4.74 Å². The number of rotatable bonds is 6. The summed E-state index contributed by atoms with van der Waals surface area (Å²) in [5.74, 6) is 1.50. The Kier molecular flexibility index (Phi) is 5.33. The van der Waals surface area contributed by atoms with Gasteiger partial charge in [0.1, 0.15) is 5.75 Å². The molecule has 2 unspecified atom stereocenters. The Balaban J connectivity index is 2.78. The molecule has 1 aromatic rings. The van der Waals surface area contributed by atoms with Gasteiger partial charge in [0, 0.05) is 6.04 Å². The largest absolute Gasteiger partial charge is 0.497 e. The fourth-order valence-electron chi connectivity index (χ4n) is 2.19. The molecule has 16 heavy (non-hydrogen) atoms. The van der Waals surface area contributed by atoms with Gasteiger partial charge in [0.05, 0.1) is 7.11 Å². The van der Waals surface area contributed by atoms with E-state index in [9.17, 15) is 0 Å². The molecule has 0 spiro atoms. The van der Waals surface area contributed by atoms with Crippen molar-refractivity contribution in [3.63, 3.8) is 0 Å². The van der Waals surface area contributed by atoms with Crippen LogP contribution in [0.3, 0.4) is 0 Å². The first-order valence-electron chi connectivity index (χ1n) is 6.10. The van der Waals surface area contributed by atoms with Crippen LogP contribution in [0.4, 0.5) is 0 Å². The van der Waals surface area contributed by atoms with E-state index < -0.39 is 0 Å². The number of benzene rings is 1. The van der Waals surface area contributed by atoms with Crippen LogP contribution in [0.15, 0.2) is 24.3 Å². The van der Waals surface area contributed by atoms with Gasteiger partial charge >= 0.3 is 0 Å². The van der Waals surface area contributed by atoms with E-state index in [1.807, 2.05) is 12.1 Å². The molecule has 0 aliphatic carbocycles. The van der Waals surface area contributed by atoms with E-state index in [2.05, 4.69) is 38.2 Å².